The van der Waals surface area contributed by atoms with Crippen molar-refractivity contribution in [2.45, 2.75) is 13.8 Å². The summed E-state index contributed by atoms with van der Waals surface area (Å²) in [6, 6.07) is 16.7. The lowest BCUT2D eigenvalue weighted by Gasteiger charge is -2.12. The van der Waals surface area contributed by atoms with Gasteiger partial charge in [-0.3, -0.25) is 4.79 Å². The molecule has 0 radical (unpaired) electrons. The van der Waals surface area contributed by atoms with Gasteiger partial charge in [0.1, 0.15) is 5.82 Å². The monoisotopic (exact) mass is 402 g/mol. The SMILES string of the molecule is COc1ccc(C(=O)Nc2cc(C)nn2-c2cc(C)c3ccccc3n2)cc1OC. The van der Waals surface area contributed by atoms with Crippen molar-refractivity contribution in [1.82, 2.24) is 14.8 Å². The van der Waals surface area contributed by atoms with Gasteiger partial charge in [-0.15, -0.1) is 0 Å². The second-order valence-electron chi connectivity index (χ2n) is 6.92. The van der Waals surface area contributed by atoms with Crippen LogP contribution in [0, 0.1) is 13.8 Å². The van der Waals surface area contributed by atoms with Gasteiger partial charge in [-0.1, -0.05) is 18.2 Å². The molecule has 30 heavy (non-hydrogen) atoms. The zero-order chi connectivity index (χ0) is 21.3. The van der Waals surface area contributed by atoms with Crippen molar-refractivity contribution in [3.63, 3.8) is 0 Å². The second-order valence-corrected chi connectivity index (χ2v) is 6.92. The van der Waals surface area contributed by atoms with Crippen molar-refractivity contribution in [2.24, 2.45) is 0 Å². The van der Waals surface area contributed by atoms with Crippen LogP contribution in [0.25, 0.3) is 16.7 Å². The van der Waals surface area contributed by atoms with Gasteiger partial charge in [-0.2, -0.15) is 9.78 Å². The number of hydrogen-bond donors (Lipinski definition) is 1. The molecule has 1 amide bonds. The van der Waals surface area contributed by atoms with E-state index in [0.717, 1.165) is 22.2 Å². The van der Waals surface area contributed by atoms with E-state index in [1.807, 2.05) is 50.2 Å². The van der Waals surface area contributed by atoms with Crippen LogP contribution < -0.4 is 14.8 Å². The van der Waals surface area contributed by atoms with Crippen LogP contribution in [0.2, 0.25) is 0 Å². The Labute approximate surface area is 174 Å². The Bertz CT molecular complexity index is 1250. The van der Waals surface area contributed by atoms with Crippen LogP contribution in [0.15, 0.2) is 54.6 Å². The van der Waals surface area contributed by atoms with E-state index in [1.54, 1.807) is 30.0 Å². The first-order valence-electron chi connectivity index (χ1n) is 9.47. The number of fused-ring (bicyclic) bond motifs is 1. The molecule has 152 valence electrons. The lowest BCUT2D eigenvalue weighted by Crippen LogP contribution is -2.16. The predicted molar refractivity (Wildman–Crippen MR) is 116 cm³/mol. The maximum absolute atomic E-state index is 12.9. The molecule has 2 heterocycles. The average Bonchev–Trinajstić information content (AvgIpc) is 3.13. The second kappa shape index (κ2) is 7.87. The highest BCUT2D eigenvalue weighted by atomic mass is 16.5. The maximum Gasteiger partial charge on any atom is 0.256 e. The van der Waals surface area contributed by atoms with Gasteiger partial charge in [0.15, 0.2) is 17.3 Å². The number of amides is 1. The van der Waals surface area contributed by atoms with Gasteiger partial charge in [0, 0.05) is 17.0 Å². The largest absolute Gasteiger partial charge is 0.493 e. The zero-order valence-corrected chi connectivity index (χ0v) is 17.3. The number of hydrogen-bond acceptors (Lipinski definition) is 5. The number of pyridine rings is 1. The summed E-state index contributed by atoms with van der Waals surface area (Å²) >= 11 is 0. The van der Waals surface area contributed by atoms with Crippen LogP contribution in [0.3, 0.4) is 0 Å². The fraction of sp³-hybridized carbons (Fsp3) is 0.174. The fourth-order valence-corrected chi connectivity index (χ4v) is 3.37. The van der Waals surface area contributed by atoms with E-state index < -0.39 is 0 Å². The molecule has 0 bridgehead atoms. The Morgan fingerprint density at radius 3 is 2.50 bits per heavy atom. The summed E-state index contributed by atoms with van der Waals surface area (Å²) in [7, 11) is 3.09. The highest BCUT2D eigenvalue weighted by Crippen LogP contribution is 2.28. The molecule has 1 N–H and O–H groups in total. The molecule has 0 fully saturated rings. The van der Waals surface area contributed by atoms with Crippen LogP contribution in [0.4, 0.5) is 5.82 Å². The van der Waals surface area contributed by atoms with Crippen LogP contribution in [-0.2, 0) is 0 Å². The highest BCUT2D eigenvalue weighted by molar-refractivity contribution is 6.04. The van der Waals surface area contributed by atoms with E-state index in [1.165, 1.54) is 7.11 Å². The summed E-state index contributed by atoms with van der Waals surface area (Å²) in [5.41, 5.74) is 3.17. The summed E-state index contributed by atoms with van der Waals surface area (Å²) < 4.78 is 12.2. The Balaban J connectivity index is 1.70. The number of carbonyl (C=O) groups excluding carboxylic acids is 1. The van der Waals surface area contributed by atoms with Crippen molar-refractivity contribution < 1.29 is 14.3 Å². The molecular weight excluding hydrogens is 380 g/mol. The molecule has 0 saturated heterocycles. The minimum atomic E-state index is -0.283. The number of anilines is 1. The lowest BCUT2D eigenvalue weighted by molar-refractivity contribution is 0.102. The van der Waals surface area contributed by atoms with E-state index in [0.29, 0.717) is 28.7 Å². The molecule has 0 unspecified atom stereocenters. The number of para-hydroxylation sites is 1. The van der Waals surface area contributed by atoms with Gasteiger partial charge in [0.25, 0.3) is 5.91 Å². The molecule has 0 aliphatic rings. The van der Waals surface area contributed by atoms with Crippen LogP contribution in [0.5, 0.6) is 11.5 Å². The Morgan fingerprint density at radius 2 is 1.73 bits per heavy atom. The first-order chi connectivity index (χ1) is 14.5. The van der Waals surface area contributed by atoms with Gasteiger partial charge in [0.05, 0.1) is 25.4 Å². The van der Waals surface area contributed by atoms with Crippen LogP contribution in [0.1, 0.15) is 21.6 Å². The van der Waals surface area contributed by atoms with E-state index in [9.17, 15) is 4.79 Å². The highest BCUT2D eigenvalue weighted by Gasteiger charge is 2.16. The summed E-state index contributed by atoms with van der Waals surface area (Å²) in [5.74, 6) is 1.94. The van der Waals surface area contributed by atoms with Gasteiger partial charge in [0.2, 0.25) is 0 Å². The van der Waals surface area contributed by atoms with Crippen molar-refractivity contribution in [1.29, 1.82) is 0 Å². The van der Waals surface area contributed by atoms with Gasteiger partial charge >= 0.3 is 0 Å². The third-order valence-electron chi connectivity index (χ3n) is 4.85. The Kier molecular flexibility index (Phi) is 5.10. The number of ether oxygens (including phenoxy) is 2. The predicted octanol–water partition coefficient (Wildman–Crippen LogP) is 4.31. The molecule has 0 atom stereocenters. The van der Waals surface area contributed by atoms with Crippen LogP contribution >= 0.6 is 0 Å². The van der Waals surface area contributed by atoms with Crippen LogP contribution in [-0.4, -0.2) is 34.9 Å². The molecule has 0 spiro atoms. The average molecular weight is 402 g/mol. The molecule has 0 aliphatic heterocycles. The quantitative estimate of drug-likeness (QED) is 0.538. The molecule has 4 rings (SSSR count). The molecule has 7 heteroatoms. The molecule has 4 aromatic rings. The van der Waals surface area contributed by atoms with Gasteiger partial charge < -0.3 is 14.8 Å². The Morgan fingerprint density at radius 1 is 0.967 bits per heavy atom. The van der Waals surface area contributed by atoms with Gasteiger partial charge in [-0.05, 0) is 49.7 Å². The van der Waals surface area contributed by atoms with Crippen molar-refractivity contribution in [2.75, 3.05) is 19.5 Å². The zero-order valence-electron chi connectivity index (χ0n) is 17.3. The molecule has 2 aromatic carbocycles. The van der Waals surface area contributed by atoms with Gasteiger partial charge in [-0.25, -0.2) is 4.98 Å². The Hall–Kier alpha value is -3.87. The van der Waals surface area contributed by atoms with E-state index in [2.05, 4.69) is 10.4 Å². The standard InChI is InChI=1S/C23H22N4O3/c1-14-11-21(24-18-8-6-5-7-17(14)18)27-22(12-15(2)26-27)25-23(28)16-9-10-19(29-3)20(13-16)30-4/h5-13H,1-4H3,(H,25,28). The maximum atomic E-state index is 12.9. The van der Waals surface area contributed by atoms with Crippen molar-refractivity contribution >= 4 is 22.6 Å². The minimum absolute atomic E-state index is 0.283. The number of nitrogens with zero attached hydrogens (tertiary/aromatic N) is 3. The smallest absolute Gasteiger partial charge is 0.256 e. The summed E-state index contributed by atoms with van der Waals surface area (Å²) in [4.78, 5) is 17.6. The molecule has 0 aliphatic carbocycles. The number of rotatable bonds is 5. The summed E-state index contributed by atoms with van der Waals surface area (Å²) in [6.45, 7) is 3.90. The molecule has 7 nitrogen and oxygen atoms in total. The number of aromatic nitrogens is 3. The number of methoxy groups -OCH3 is 2. The fourth-order valence-electron chi connectivity index (χ4n) is 3.37. The molecular formula is C23H22N4O3. The first-order valence-corrected chi connectivity index (χ1v) is 9.47. The number of aryl methyl sites for hydroxylation is 2. The topological polar surface area (TPSA) is 78.3 Å². The minimum Gasteiger partial charge on any atom is -0.493 e. The molecule has 0 saturated carbocycles. The number of carbonyl (C=O) groups is 1. The summed E-state index contributed by atoms with van der Waals surface area (Å²) in [5, 5.41) is 8.54. The van der Waals surface area contributed by atoms with E-state index >= 15 is 0 Å². The lowest BCUT2D eigenvalue weighted by atomic mass is 10.1. The third-order valence-corrected chi connectivity index (χ3v) is 4.85. The normalized spacial score (nSPS) is 10.8. The van der Waals surface area contributed by atoms with E-state index in [4.69, 9.17) is 14.5 Å². The number of nitrogens with one attached hydrogen (secondary N) is 1. The third kappa shape index (κ3) is 3.57. The molecule has 2 aromatic heterocycles. The van der Waals surface area contributed by atoms with Crippen molar-refractivity contribution in [3.05, 3.63) is 71.4 Å². The van der Waals surface area contributed by atoms with E-state index in [-0.39, 0.29) is 5.91 Å². The van der Waals surface area contributed by atoms with Crippen molar-refractivity contribution in [3.8, 4) is 17.3 Å². The summed E-state index contributed by atoms with van der Waals surface area (Å²) in [6.07, 6.45) is 0. The number of benzene rings is 2. The first kappa shape index (κ1) is 19.4.